The molecule has 0 unspecified atom stereocenters. The van der Waals surface area contributed by atoms with E-state index in [0.717, 1.165) is 33.0 Å². The van der Waals surface area contributed by atoms with E-state index in [-0.39, 0.29) is 4.90 Å². The first-order chi connectivity index (χ1) is 12.8. The monoisotopic (exact) mass is 397 g/mol. The number of rotatable bonds is 4. The number of thiazole rings is 1. The van der Waals surface area contributed by atoms with E-state index in [0.29, 0.717) is 5.69 Å². The topological polar surface area (TPSA) is 63.5 Å². The molecule has 0 spiro atoms. The standard InChI is InChI=1S/C20H19N3O2S2/c1-13-8-14(2)10-18(9-13)27(24,25)22-17-6-4-16(5-7-17)19-11-23-15(3)12-26-20(23)21-19/h4-12,22H,1-3H3. The molecular weight excluding hydrogens is 378 g/mol. The maximum Gasteiger partial charge on any atom is 0.261 e. The lowest BCUT2D eigenvalue weighted by Gasteiger charge is -2.10. The first-order valence-corrected chi connectivity index (χ1v) is 10.8. The van der Waals surface area contributed by atoms with Gasteiger partial charge in [0.15, 0.2) is 4.96 Å². The van der Waals surface area contributed by atoms with Crippen molar-refractivity contribution in [3.8, 4) is 11.3 Å². The fourth-order valence-corrected chi connectivity index (χ4v) is 5.14. The van der Waals surface area contributed by atoms with Crippen molar-refractivity contribution in [1.29, 1.82) is 0 Å². The van der Waals surface area contributed by atoms with Crippen molar-refractivity contribution in [2.45, 2.75) is 25.7 Å². The highest BCUT2D eigenvalue weighted by Gasteiger charge is 2.15. The van der Waals surface area contributed by atoms with Gasteiger partial charge in [0.05, 0.1) is 10.6 Å². The summed E-state index contributed by atoms with van der Waals surface area (Å²) in [6.45, 7) is 5.82. The largest absolute Gasteiger partial charge is 0.294 e. The number of nitrogens with zero attached hydrogens (tertiary/aromatic N) is 2. The summed E-state index contributed by atoms with van der Waals surface area (Å²) in [4.78, 5) is 5.84. The second kappa shape index (κ2) is 6.51. The molecule has 4 rings (SSSR count). The molecule has 138 valence electrons. The molecule has 0 atom stereocenters. The molecule has 5 nitrogen and oxygen atoms in total. The number of anilines is 1. The van der Waals surface area contributed by atoms with Gasteiger partial charge < -0.3 is 0 Å². The van der Waals surface area contributed by atoms with Crippen molar-refractivity contribution < 1.29 is 8.42 Å². The highest BCUT2D eigenvalue weighted by molar-refractivity contribution is 7.92. The molecule has 4 aromatic rings. The lowest BCUT2D eigenvalue weighted by Crippen LogP contribution is -2.13. The Bertz CT molecular complexity index is 1220. The molecule has 0 saturated carbocycles. The number of nitrogens with one attached hydrogen (secondary N) is 1. The Morgan fingerprint density at radius 3 is 2.30 bits per heavy atom. The Kier molecular flexibility index (Phi) is 4.28. The summed E-state index contributed by atoms with van der Waals surface area (Å²) in [6, 6.07) is 12.6. The molecule has 0 radical (unpaired) electrons. The van der Waals surface area contributed by atoms with Crippen molar-refractivity contribution in [2.24, 2.45) is 0 Å². The second-order valence-corrected chi connectivity index (χ2v) is 9.18. The molecule has 7 heteroatoms. The quantitative estimate of drug-likeness (QED) is 0.538. The van der Waals surface area contributed by atoms with Crippen LogP contribution in [0.2, 0.25) is 0 Å². The molecule has 0 aliphatic heterocycles. The summed E-state index contributed by atoms with van der Waals surface area (Å²) in [5, 5.41) is 2.07. The Morgan fingerprint density at radius 2 is 1.67 bits per heavy atom. The molecule has 2 aromatic heterocycles. The van der Waals surface area contributed by atoms with Crippen LogP contribution in [0.5, 0.6) is 0 Å². The van der Waals surface area contributed by atoms with Crippen molar-refractivity contribution in [2.75, 3.05) is 4.72 Å². The van der Waals surface area contributed by atoms with Gasteiger partial charge >= 0.3 is 0 Å². The number of hydrogen-bond acceptors (Lipinski definition) is 4. The number of hydrogen-bond donors (Lipinski definition) is 1. The average molecular weight is 398 g/mol. The highest BCUT2D eigenvalue weighted by Crippen LogP contribution is 2.25. The number of fused-ring (bicyclic) bond motifs is 1. The summed E-state index contributed by atoms with van der Waals surface area (Å²) in [6.07, 6.45) is 2.00. The molecular formula is C20H19N3O2S2. The van der Waals surface area contributed by atoms with E-state index >= 15 is 0 Å². The fraction of sp³-hybridized carbons (Fsp3) is 0.150. The van der Waals surface area contributed by atoms with Crippen LogP contribution in [0, 0.1) is 20.8 Å². The summed E-state index contributed by atoms with van der Waals surface area (Å²) in [5.41, 5.74) is 5.32. The van der Waals surface area contributed by atoms with Gasteiger partial charge in [-0.25, -0.2) is 13.4 Å². The van der Waals surface area contributed by atoms with Gasteiger partial charge in [-0.3, -0.25) is 9.12 Å². The molecule has 27 heavy (non-hydrogen) atoms. The predicted octanol–water partition coefficient (Wildman–Crippen LogP) is 4.79. The minimum atomic E-state index is -3.62. The third-order valence-electron chi connectivity index (χ3n) is 4.33. The van der Waals surface area contributed by atoms with Crippen molar-refractivity contribution >= 4 is 32.0 Å². The zero-order chi connectivity index (χ0) is 19.2. The van der Waals surface area contributed by atoms with Crippen LogP contribution in [-0.2, 0) is 10.0 Å². The summed E-state index contributed by atoms with van der Waals surface area (Å²) >= 11 is 1.60. The van der Waals surface area contributed by atoms with E-state index in [4.69, 9.17) is 0 Å². The predicted molar refractivity (Wildman–Crippen MR) is 110 cm³/mol. The van der Waals surface area contributed by atoms with E-state index in [1.54, 1.807) is 35.6 Å². The molecule has 0 amide bonds. The van der Waals surface area contributed by atoms with Gasteiger partial charge in [0.1, 0.15) is 0 Å². The van der Waals surface area contributed by atoms with Crippen molar-refractivity contribution in [3.05, 3.63) is 70.9 Å². The van der Waals surface area contributed by atoms with Crippen LogP contribution in [0.4, 0.5) is 5.69 Å². The first kappa shape index (κ1) is 17.8. The maximum absolute atomic E-state index is 12.7. The van der Waals surface area contributed by atoms with Crippen LogP contribution in [0.25, 0.3) is 16.2 Å². The van der Waals surface area contributed by atoms with Crippen LogP contribution in [0.15, 0.2) is 58.9 Å². The van der Waals surface area contributed by atoms with E-state index < -0.39 is 10.0 Å². The maximum atomic E-state index is 12.7. The van der Waals surface area contributed by atoms with Crippen LogP contribution < -0.4 is 4.72 Å². The lowest BCUT2D eigenvalue weighted by molar-refractivity contribution is 0.601. The molecule has 2 heterocycles. The summed E-state index contributed by atoms with van der Waals surface area (Å²) < 4.78 is 30.0. The van der Waals surface area contributed by atoms with Crippen LogP contribution in [0.3, 0.4) is 0 Å². The molecule has 0 fully saturated rings. The second-order valence-electron chi connectivity index (χ2n) is 6.66. The van der Waals surface area contributed by atoms with Crippen LogP contribution >= 0.6 is 11.3 Å². The molecule has 2 aromatic carbocycles. The number of benzene rings is 2. The van der Waals surface area contributed by atoms with Gasteiger partial charge in [0.25, 0.3) is 10.0 Å². The third-order valence-corrected chi connectivity index (χ3v) is 6.65. The Labute approximate surface area is 162 Å². The van der Waals surface area contributed by atoms with Gasteiger partial charge in [-0.2, -0.15) is 0 Å². The SMILES string of the molecule is Cc1cc(C)cc(S(=O)(=O)Nc2ccc(-c3cn4c(C)csc4n3)cc2)c1. The molecule has 0 aliphatic rings. The van der Waals surface area contributed by atoms with Crippen molar-refractivity contribution in [3.63, 3.8) is 0 Å². The van der Waals surface area contributed by atoms with Gasteiger partial charge in [0, 0.05) is 28.5 Å². The first-order valence-electron chi connectivity index (χ1n) is 8.46. The van der Waals surface area contributed by atoms with E-state index in [1.165, 1.54) is 0 Å². The minimum absolute atomic E-state index is 0.272. The fourth-order valence-electron chi connectivity index (χ4n) is 3.04. The Morgan fingerprint density at radius 1 is 1.00 bits per heavy atom. The zero-order valence-electron chi connectivity index (χ0n) is 15.2. The van der Waals surface area contributed by atoms with Crippen LogP contribution in [0.1, 0.15) is 16.8 Å². The summed E-state index contributed by atoms with van der Waals surface area (Å²) in [7, 11) is -3.62. The average Bonchev–Trinajstić information content (AvgIpc) is 3.17. The molecule has 0 bridgehead atoms. The van der Waals surface area contributed by atoms with Crippen molar-refractivity contribution in [1.82, 2.24) is 9.38 Å². The number of imidazole rings is 1. The molecule has 0 aliphatic carbocycles. The normalized spacial score (nSPS) is 11.8. The third kappa shape index (κ3) is 3.48. The van der Waals surface area contributed by atoms with Crippen LogP contribution in [-0.4, -0.2) is 17.8 Å². The van der Waals surface area contributed by atoms with Gasteiger partial charge in [-0.15, -0.1) is 11.3 Å². The minimum Gasteiger partial charge on any atom is -0.294 e. The number of aromatic nitrogens is 2. The van der Waals surface area contributed by atoms with E-state index in [9.17, 15) is 8.42 Å². The van der Waals surface area contributed by atoms with Gasteiger partial charge in [-0.1, -0.05) is 18.2 Å². The zero-order valence-corrected chi connectivity index (χ0v) is 16.9. The van der Waals surface area contributed by atoms with E-state index in [1.807, 2.05) is 45.2 Å². The highest BCUT2D eigenvalue weighted by atomic mass is 32.2. The molecule has 0 saturated heterocycles. The lowest BCUT2D eigenvalue weighted by atomic mass is 10.1. The Hall–Kier alpha value is -2.64. The van der Waals surface area contributed by atoms with Gasteiger partial charge in [0.2, 0.25) is 0 Å². The van der Waals surface area contributed by atoms with Gasteiger partial charge in [-0.05, 0) is 56.2 Å². The molecule has 1 N–H and O–H groups in total. The van der Waals surface area contributed by atoms with E-state index in [2.05, 4.69) is 19.5 Å². The Balaban J connectivity index is 1.60. The number of sulfonamides is 1. The summed E-state index contributed by atoms with van der Waals surface area (Å²) in [5.74, 6) is 0. The number of aryl methyl sites for hydroxylation is 3. The smallest absolute Gasteiger partial charge is 0.261 e.